The summed E-state index contributed by atoms with van der Waals surface area (Å²) in [6.07, 6.45) is 6.53. The van der Waals surface area contributed by atoms with Crippen LogP contribution in [0.1, 0.15) is 123 Å². The lowest BCUT2D eigenvalue weighted by Crippen LogP contribution is -2.21. The molecule has 734 valence electrons. The van der Waals surface area contributed by atoms with Crippen molar-refractivity contribution in [2.45, 2.75) is 61.1 Å². The molecular formula is C93H108F2IN19O23. The zero-order valence-electron chi connectivity index (χ0n) is 79.8. The van der Waals surface area contributed by atoms with Crippen molar-refractivity contribution in [3.63, 3.8) is 0 Å². The molecule has 0 saturated carbocycles. The van der Waals surface area contributed by atoms with E-state index in [-0.39, 0.29) is 45.8 Å². The number of nitro benzene ring substituents is 3. The predicted molar refractivity (Wildman–Crippen MR) is 524 cm³/mol. The van der Waals surface area contributed by atoms with Crippen LogP contribution in [0.2, 0.25) is 0 Å². The van der Waals surface area contributed by atoms with Crippen LogP contribution in [0.25, 0.3) is 33.1 Å². The van der Waals surface area contributed by atoms with Crippen LogP contribution in [0.3, 0.4) is 0 Å². The van der Waals surface area contributed by atoms with E-state index in [2.05, 4.69) is 89.7 Å². The number of esters is 5. The molecule has 13 aromatic rings. The number of nitrogens with two attached hydrogens (primary N) is 3. The lowest BCUT2D eigenvalue weighted by Gasteiger charge is -2.20. The van der Waals surface area contributed by atoms with Crippen LogP contribution in [0, 0.1) is 83.5 Å². The maximum Gasteiger partial charge on any atom is 0.338 e. The molecule has 0 unspecified atom stereocenters. The monoisotopic (exact) mass is 2020 g/mol. The molecule has 0 bridgehead atoms. The van der Waals surface area contributed by atoms with Gasteiger partial charge < -0.3 is 99.4 Å². The lowest BCUT2D eigenvalue weighted by molar-refractivity contribution is -0.387. The number of nitro groups is 3. The molecule has 6 aromatic heterocycles. The molecule has 45 heteroatoms. The Kier molecular flexibility index (Phi) is 43.0. The second-order valence-corrected chi connectivity index (χ2v) is 30.2. The number of carbonyl (C=O) groups excluding carboxylic acids is 5. The molecule has 0 atom stereocenters. The van der Waals surface area contributed by atoms with Crippen molar-refractivity contribution >= 4 is 149 Å². The van der Waals surface area contributed by atoms with Crippen LogP contribution < -0.4 is 51.8 Å². The number of benzene rings is 7. The van der Waals surface area contributed by atoms with Crippen molar-refractivity contribution in [2.24, 2.45) is 26.9 Å². The number of anilines is 6. The number of hydrogen-bond donors (Lipinski definition) is 7. The first-order chi connectivity index (χ1) is 65.4. The third kappa shape index (κ3) is 29.1. The summed E-state index contributed by atoms with van der Waals surface area (Å²) in [6, 6.07) is 29.8. The quantitative estimate of drug-likeness (QED) is 0.00595. The number of ether oxygens (including phenoxy) is 8. The molecule has 0 saturated heterocycles. The Balaban J connectivity index is 0.000000283. The molecule has 0 aliphatic carbocycles. The van der Waals surface area contributed by atoms with Gasteiger partial charge in [-0.05, 0) is 164 Å². The number of carboxylic acids is 2. The number of hydrogen-bond acceptors (Lipinski definition) is 34. The van der Waals surface area contributed by atoms with Gasteiger partial charge in [-0.2, -0.15) is 8.78 Å². The molecule has 7 aromatic carbocycles. The molecule has 10 N–H and O–H groups in total. The Morgan fingerprint density at radius 1 is 0.428 bits per heavy atom. The molecule has 0 aliphatic heterocycles. The first-order valence-corrected chi connectivity index (χ1v) is 42.4. The van der Waals surface area contributed by atoms with Gasteiger partial charge in [0.05, 0.1) is 180 Å². The van der Waals surface area contributed by atoms with E-state index < -0.39 is 61.7 Å². The highest BCUT2D eigenvalue weighted by atomic mass is 127. The molecule has 42 nitrogen and oxygen atoms in total. The number of fused-ring (bicyclic) bond motifs is 3. The van der Waals surface area contributed by atoms with Crippen LogP contribution in [0.15, 0.2) is 146 Å². The molecule has 13 rings (SSSR count). The van der Waals surface area contributed by atoms with Crippen molar-refractivity contribution in [1.82, 2.24) is 43.6 Å². The van der Waals surface area contributed by atoms with Gasteiger partial charge in [0.1, 0.15) is 22.9 Å². The van der Waals surface area contributed by atoms with Gasteiger partial charge in [-0.1, -0.05) is 22.6 Å². The summed E-state index contributed by atoms with van der Waals surface area (Å²) in [5, 5.41) is 54.3. The second-order valence-electron chi connectivity index (χ2n) is 29.1. The fraction of sp³-hybridized carbons (Fsp3) is 0.280. The molecular weight excluding hydrogens is 1920 g/mol. The number of halogens is 3. The van der Waals surface area contributed by atoms with E-state index in [4.69, 9.17) is 45.6 Å². The molecule has 0 radical (unpaired) electrons. The number of pyridine rings is 3. The molecule has 0 fully saturated rings. The highest BCUT2D eigenvalue weighted by Gasteiger charge is 2.25. The summed E-state index contributed by atoms with van der Waals surface area (Å²) >= 11 is 2.36. The van der Waals surface area contributed by atoms with Crippen LogP contribution in [-0.4, -0.2) is 207 Å². The Morgan fingerprint density at radius 2 is 0.717 bits per heavy atom. The van der Waals surface area contributed by atoms with Gasteiger partial charge in [0.15, 0.2) is 0 Å². The third-order valence-electron chi connectivity index (χ3n) is 20.3. The predicted octanol–water partition coefficient (Wildman–Crippen LogP) is 14.6. The van der Waals surface area contributed by atoms with Crippen molar-refractivity contribution < 1.29 is 105 Å². The fourth-order valence-corrected chi connectivity index (χ4v) is 13.7. The summed E-state index contributed by atoms with van der Waals surface area (Å²) in [6.45, 7) is 13.2. The van der Waals surface area contributed by atoms with Gasteiger partial charge in [0, 0.05) is 130 Å². The number of aryl methyl sites for hydroxylation is 7. The summed E-state index contributed by atoms with van der Waals surface area (Å²) in [5.41, 5.74) is 31.3. The van der Waals surface area contributed by atoms with Gasteiger partial charge in [-0.3, -0.25) is 45.3 Å². The minimum absolute atomic E-state index is 0.0550. The highest BCUT2D eigenvalue weighted by Crippen LogP contribution is 2.33. The number of rotatable bonds is 23. The number of nitrogens with one attached hydrogen (secondary N) is 2. The molecule has 0 aliphatic rings. The Bertz CT molecular complexity index is 6590. The summed E-state index contributed by atoms with van der Waals surface area (Å²) < 4.78 is 71.3. The normalized spacial score (nSPS) is 10.1. The molecule has 0 spiro atoms. The largest absolute Gasteiger partial charge is 0.496 e. The number of aromatic carboxylic acids is 2. The fourth-order valence-electron chi connectivity index (χ4n) is 13.2. The van der Waals surface area contributed by atoms with Gasteiger partial charge in [0.25, 0.3) is 5.69 Å². The summed E-state index contributed by atoms with van der Waals surface area (Å²) in [4.78, 5) is 137. The smallest absolute Gasteiger partial charge is 0.338 e. The number of nitrogen functional groups attached to an aromatic ring is 2. The van der Waals surface area contributed by atoms with Gasteiger partial charge in [-0.15, -0.1) is 0 Å². The maximum absolute atomic E-state index is 12.8. The standard InChI is InChI=1S/C20H24N4O3.C19H22N4O3.C10H14INO.C10H11N3O2.C9H10N2O4.C9H12N2O2.C8H6FNO4.C7H4FNO4.CH5N/c1-12-10-21-16(13(2)18(12)26-5)11-23(3)20-22-15-9-14(19(25)27-6)7-8-17(15)24(20)4;1-11-9-20-15(12(2)17(11)26-5)10-22(3)19-21-14-8-13(18(24)25)6-7-16(14)23(19)4;1-7-6-12-9(4-5-11)8(2)10(7)13-3;1-13-8-4-3-6(9(14)15-2)5-7(8)12-10(13)11;1-10-7-4-3-6(9(12)15-2)5-8(7)11(13)14;1-11-8-4-3-6(5-7(8)10)9(12)13-2;1-14-8(11)5-2-3-6(9)7(4-5)10(12)13;8-5-2-1-4(7(10)11)3-6(5)9(12)13;1-2/h7-10H,11H2,1-6H3;6-9H,10H2,1-5H3,(H,24,25);6H,4-5H2,1-3H3;3-5H,1-2H3,(H2,11,12);3-5,10H,1-2H3;3-5,11H,10H2,1-2H3;2-4H,1H3;1-3H,(H,10,11);2H2,1H3. The molecule has 138 heavy (non-hydrogen) atoms. The second kappa shape index (κ2) is 52.9. The summed E-state index contributed by atoms with van der Waals surface area (Å²) in [7, 11) is 25.9. The van der Waals surface area contributed by atoms with Crippen LogP contribution >= 0.6 is 22.6 Å². The van der Waals surface area contributed by atoms with E-state index >= 15 is 0 Å². The number of imidazole rings is 3. The Hall–Kier alpha value is -16.4. The number of carboxylic acid groups (broad SMARTS) is 2. The SMILES string of the molecule is CN.CNc1ccc(C(=O)OC)cc1N.CNc1ccc(C(=O)OC)cc1[N+](=O)[O-].COC(=O)c1ccc(F)c([N+](=O)[O-])c1.COC(=O)c1ccc2c(c1)nc(N(C)Cc1ncc(C)c(OC)c1C)n2C.COC(=O)c1ccc2c(c1)nc(N)n2C.COc1c(C)cnc(CCI)c1C.COc1c(C)cnc(CN(C)c2nc3cc(C(=O)O)ccc3n2C)c1C.O=C(O)c1ccc(F)c([N+](=O)[O-])c1. The van der Waals surface area contributed by atoms with Crippen molar-refractivity contribution in [3.8, 4) is 17.2 Å². The van der Waals surface area contributed by atoms with Crippen molar-refractivity contribution in [3.05, 3.63) is 277 Å². The van der Waals surface area contributed by atoms with Crippen LogP contribution in [-0.2, 0) is 64.3 Å². The van der Waals surface area contributed by atoms with E-state index in [0.717, 1.165) is 150 Å². The first kappa shape index (κ1) is 112. The van der Waals surface area contributed by atoms with E-state index in [9.17, 15) is 72.7 Å². The van der Waals surface area contributed by atoms with Gasteiger partial charge >= 0.3 is 53.2 Å². The number of aromatic nitrogens is 9. The van der Waals surface area contributed by atoms with Gasteiger partial charge in [-0.25, -0.2) is 48.5 Å². The Morgan fingerprint density at radius 3 is 1.07 bits per heavy atom. The zero-order chi connectivity index (χ0) is 104. The van der Waals surface area contributed by atoms with Crippen LogP contribution in [0.4, 0.5) is 60.8 Å². The van der Waals surface area contributed by atoms with Crippen LogP contribution in [0.5, 0.6) is 17.2 Å². The first-order valence-electron chi connectivity index (χ1n) is 40.9. The molecule has 0 amide bonds. The van der Waals surface area contributed by atoms with Gasteiger partial charge in [0.2, 0.25) is 29.5 Å². The minimum atomic E-state index is -1.33. The number of methoxy groups -OCH3 is 8. The van der Waals surface area contributed by atoms with Crippen molar-refractivity contribution in [1.29, 1.82) is 0 Å². The average Bonchev–Trinajstić information content (AvgIpc) is 1.63. The van der Waals surface area contributed by atoms with E-state index in [0.29, 0.717) is 64.2 Å². The Labute approximate surface area is 804 Å². The van der Waals surface area contributed by atoms with E-state index in [1.165, 1.54) is 59.2 Å². The highest BCUT2D eigenvalue weighted by molar-refractivity contribution is 14.1. The zero-order valence-corrected chi connectivity index (χ0v) is 81.9. The average molecular weight is 2020 g/mol. The van der Waals surface area contributed by atoms with E-state index in [1.54, 1.807) is 107 Å². The number of alkyl halides is 1. The maximum atomic E-state index is 12.8. The number of nitrogens with zero attached hydrogens (tertiary/aromatic N) is 14. The third-order valence-corrected chi connectivity index (χ3v) is 20.9. The topological polar surface area (TPSA) is 564 Å². The van der Waals surface area contributed by atoms with E-state index in [1.807, 2.05) is 113 Å². The molecule has 6 heterocycles. The minimum Gasteiger partial charge on any atom is -0.496 e. The lowest BCUT2D eigenvalue weighted by atomic mass is 10.1. The summed E-state index contributed by atoms with van der Waals surface area (Å²) in [5.74, 6) is -2.15. The van der Waals surface area contributed by atoms with Crippen molar-refractivity contribution in [2.75, 3.05) is 128 Å². The number of carbonyl (C=O) groups is 7.